The van der Waals surface area contributed by atoms with Gasteiger partial charge >= 0.3 is 0 Å². The fraction of sp³-hybridized carbons (Fsp3) is 0.240. The highest BCUT2D eigenvalue weighted by molar-refractivity contribution is 7.20. The molecule has 33 heavy (non-hydrogen) atoms. The lowest BCUT2D eigenvalue weighted by Crippen LogP contribution is -2.32. The highest BCUT2D eigenvalue weighted by Gasteiger charge is 2.34. The van der Waals surface area contributed by atoms with E-state index < -0.39 is 5.91 Å². The summed E-state index contributed by atoms with van der Waals surface area (Å²) in [6.45, 7) is 3.02. The van der Waals surface area contributed by atoms with E-state index >= 15 is 0 Å². The van der Waals surface area contributed by atoms with Crippen LogP contribution in [0.2, 0.25) is 5.02 Å². The number of fused-ring (bicyclic) bond motifs is 1. The molecule has 0 unspecified atom stereocenters. The van der Waals surface area contributed by atoms with Crippen LogP contribution in [0.5, 0.6) is 0 Å². The minimum absolute atomic E-state index is 0.0290. The topological polar surface area (TPSA) is 81.2 Å². The molecular formula is C25H23ClN4O2S. The Hall–Kier alpha value is -3.16. The summed E-state index contributed by atoms with van der Waals surface area (Å²) >= 11 is 7.82. The van der Waals surface area contributed by atoms with Crippen molar-refractivity contribution >= 4 is 45.0 Å². The largest absolute Gasteiger partial charge is 0.366 e. The number of hydrogen-bond acceptors (Lipinski definition) is 4. The van der Waals surface area contributed by atoms with Crippen LogP contribution in [-0.2, 0) is 13.1 Å². The number of amides is 2. The Labute approximate surface area is 200 Å². The molecule has 1 saturated carbocycles. The van der Waals surface area contributed by atoms with Crippen molar-refractivity contribution in [2.75, 3.05) is 0 Å². The number of nitrogens with zero attached hydrogens (tertiary/aromatic N) is 3. The van der Waals surface area contributed by atoms with E-state index in [1.165, 1.54) is 11.3 Å². The number of rotatable bonds is 7. The molecule has 1 aliphatic rings. The Kier molecular flexibility index (Phi) is 5.68. The first-order chi connectivity index (χ1) is 15.9. The normalized spacial score (nSPS) is 13.4. The molecule has 2 heterocycles. The van der Waals surface area contributed by atoms with Crippen LogP contribution in [0.25, 0.3) is 10.2 Å². The van der Waals surface area contributed by atoms with Crippen LogP contribution in [0.3, 0.4) is 0 Å². The lowest BCUT2D eigenvalue weighted by Gasteiger charge is -2.22. The van der Waals surface area contributed by atoms with Crippen LogP contribution < -0.4 is 5.73 Å². The van der Waals surface area contributed by atoms with E-state index in [0.29, 0.717) is 28.6 Å². The van der Waals surface area contributed by atoms with Gasteiger partial charge in [-0.2, -0.15) is 5.10 Å². The fourth-order valence-electron chi connectivity index (χ4n) is 3.98. The molecule has 0 bridgehead atoms. The van der Waals surface area contributed by atoms with Gasteiger partial charge in [0, 0.05) is 28.6 Å². The molecule has 5 rings (SSSR count). The second kappa shape index (κ2) is 8.65. The smallest absolute Gasteiger partial charge is 0.264 e. The molecule has 4 aromatic rings. The minimum Gasteiger partial charge on any atom is -0.366 e. The van der Waals surface area contributed by atoms with E-state index in [2.05, 4.69) is 5.10 Å². The maximum Gasteiger partial charge on any atom is 0.264 e. The highest BCUT2D eigenvalue weighted by atomic mass is 35.5. The predicted octanol–water partition coefficient (Wildman–Crippen LogP) is 5.01. The molecular weight excluding hydrogens is 456 g/mol. The fourth-order valence-corrected chi connectivity index (χ4v) is 5.29. The Morgan fingerprint density at radius 2 is 1.91 bits per heavy atom. The molecule has 0 spiro atoms. The molecule has 0 atom stereocenters. The van der Waals surface area contributed by atoms with Gasteiger partial charge in [0.15, 0.2) is 0 Å². The van der Waals surface area contributed by atoms with Crippen LogP contribution in [-0.4, -0.2) is 32.5 Å². The van der Waals surface area contributed by atoms with Crippen molar-refractivity contribution in [1.29, 1.82) is 0 Å². The van der Waals surface area contributed by atoms with Gasteiger partial charge in [0.05, 0.1) is 17.1 Å². The van der Waals surface area contributed by atoms with Gasteiger partial charge in [-0.05, 0) is 55.2 Å². The number of primary amides is 1. The Morgan fingerprint density at radius 3 is 2.58 bits per heavy atom. The van der Waals surface area contributed by atoms with E-state index in [4.69, 9.17) is 17.3 Å². The zero-order valence-electron chi connectivity index (χ0n) is 18.1. The molecule has 1 aliphatic carbocycles. The standard InChI is InChI=1S/C25H23ClN4O2S/c1-15-20-12-22(33-25(20)30(28-15)14-18-4-2-3-5-21(18)26)24(32)29(19-10-11-19)13-16-6-8-17(9-7-16)23(27)31/h2-9,12,19H,10-11,13-14H2,1H3,(H2,27,31). The van der Waals surface area contributed by atoms with Crippen molar-refractivity contribution in [2.24, 2.45) is 5.73 Å². The number of nitrogens with two attached hydrogens (primary N) is 1. The second-order valence-corrected chi connectivity index (χ2v) is 9.83. The number of hydrogen-bond donors (Lipinski definition) is 1. The molecule has 2 amide bonds. The summed E-state index contributed by atoms with van der Waals surface area (Å²) in [5.41, 5.74) is 8.66. The van der Waals surface area contributed by atoms with Gasteiger partial charge in [-0.1, -0.05) is 41.9 Å². The number of halogens is 1. The van der Waals surface area contributed by atoms with Gasteiger partial charge in [0.1, 0.15) is 4.83 Å². The maximum atomic E-state index is 13.5. The summed E-state index contributed by atoms with van der Waals surface area (Å²) < 4.78 is 1.93. The zero-order chi connectivity index (χ0) is 23.1. The number of aromatic nitrogens is 2. The number of benzene rings is 2. The summed E-state index contributed by atoms with van der Waals surface area (Å²) in [7, 11) is 0. The van der Waals surface area contributed by atoms with E-state index in [9.17, 15) is 9.59 Å². The van der Waals surface area contributed by atoms with Crippen LogP contribution in [0.4, 0.5) is 0 Å². The van der Waals surface area contributed by atoms with E-state index in [1.54, 1.807) is 12.1 Å². The van der Waals surface area contributed by atoms with Crippen molar-refractivity contribution in [3.05, 3.63) is 86.9 Å². The Balaban J connectivity index is 1.42. The molecule has 0 radical (unpaired) electrons. The first-order valence-corrected chi connectivity index (χ1v) is 12.0. The molecule has 0 saturated heterocycles. The summed E-state index contributed by atoms with van der Waals surface area (Å²) in [6, 6.07) is 17.1. The Bertz CT molecular complexity index is 1350. The van der Waals surface area contributed by atoms with Crippen molar-refractivity contribution in [3.63, 3.8) is 0 Å². The lowest BCUT2D eigenvalue weighted by molar-refractivity contribution is 0.0734. The zero-order valence-corrected chi connectivity index (χ0v) is 19.7. The third-order valence-corrected chi connectivity index (χ3v) is 7.44. The molecule has 1 fully saturated rings. The second-order valence-electron chi connectivity index (χ2n) is 8.39. The predicted molar refractivity (Wildman–Crippen MR) is 131 cm³/mol. The van der Waals surface area contributed by atoms with E-state index in [-0.39, 0.29) is 11.9 Å². The summed E-state index contributed by atoms with van der Waals surface area (Å²) in [4.78, 5) is 28.5. The molecule has 2 N–H and O–H groups in total. The molecule has 6 nitrogen and oxygen atoms in total. The van der Waals surface area contributed by atoms with Crippen LogP contribution >= 0.6 is 22.9 Å². The molecule has 2 aromatic heterocycles. The number of aryl methyl sites for hydroxylation is 1. The summed E-state index contributed by atoms with van der Waals surface area (Å²) in [5, 5.41) is 6.37. The molecule has 168 valence electrons. The first-order valence-electron chi connectivity index (χ1n) is 10.8. The Morgan fingerprint density at radius 1 is 1.18 bits per heavy atom. The lowest BCUT2D eigenvalue weighted by atomic mass is 10.1. The summed E-state index contributed by atoms with van der Waals surface area (Å²) in [6.07, 6.45) is 2.02. The average molecular weight is 479 g/mol. The third-order valence-electron chi connectivity index (χ3n) is 5.94. The molecule has 2 aromatic carbocycles. The maximum absolute atomic E-state index is 13.5. The van der Waals surface area contributed by atoms with Gasteiger partial charge in [-0.3, -0.25) is 14.3 Å². The quantitative estimate of drug-likeness (QED) is 0.405. The van der Waals surface area contributed by atoms with Crippen molar-refractivity contribution in [1.82, 2.24) is 14.7 Å². The van der Waals surface area contributed by atoms with Crippen LogP contribution in [0.15, 0.2) is 54.6 Å². The number of carbonyl (C=O) groups excluding carboxylic acids is 2. The van der Waals surface area contributed by atoms with Crippen molar-refractivity contribution < 1.29 is 9.59 Å². The monoisotopic (exact) mass is 478 g/mol. The molecule has 0 aliphatic heterocycles. The summed E-state index contributed by atoms with van der Waals surface area (Å²) in [5.74, 6) is -0.426. The number of carbonyl (C=O) groups is 2. The van der Waals surface area contributed by atoms with Gasteiger partial charge < -0.3 is 10.6 Å². The number of thiophene rings is 1. The van der Waals surface area contributed by atoms with Crippen LogP contribution in [0.1, 0.15) is 49.7 Å². The van der Waals surface area contributed by atoms with Crippen molar-refractivity contribution in [2.45, 2.75) is 38.9 Å². The van der Waals surface area contributed by atoms with Gasteiger partial charge in [0.2, 0.25) is 5.91 Å². The van der Waals surface area contributed by atoms with Crippen LogP contribution in [0, 0.1) is 6.92 Å². The third kappa shape index (κ3) is 4.38. The van der Waals surface area contributed by atoms with E-state index in [0.717, 1.165) is 39.9 Å². The van der Waals surface area contributed by atoms with E-state index in [1.807, 2.05) is 59.0 Å². The highest BCUT2D eigenvalue weighted by Crippen LogP contribution is 2.34. The van der Waals surface area contributed by atoms with Gasteiger partial charge in [-0.25, -0.2) is 0 Å². The minimum atomic E-state index is -0.455. The first kappa shape index (κ1) is 21.7. The van der Waals surface area contributed by atoms with Gasteiger partial charge in [-0.15, -0.1) is 11.3 Å². The van der Waals surface area contributed by atoms with Crippen molar-refractivity contribution in [3.8, 4) is 0 Å². The average Bonchev–Trinajstić information content (AvgIpc) is 3.47. The SMILES string of the molecule is Cc1nn(Cc2ccccc2Cl)c2sc(C(=O)N(Cc3ccc(C(N)=O)cc3)C3CC3)cc12. The van der Waals surface area contributed by atoms with Gasteiger partial charge in [0.25, 0.3) is 5.91 Å². The molecule has 8 heteroatoms.